The smallest absolute Gasteiger partial charge is 0.0595 e. The maximum Gasteiger partial charge on any atom is 0.0595 e. The molecule has 0 amide bonds. The van der Waals surface area contributed by atoms with Gasteiger partial charge in [0.25, 0.3) is 0 Å². The Morgan fingerprint density at radius 2 is 2.12 bits per heavy atom. The molecule has 1 aromatic rings. The molecule has 1 aliphatic rings. The van der Waals surface area contributed by atoms with Gasteiger partial charge >= 0.3 is 0 Å². The van der Waals surface area contributed by atoms with Gasteiger partial charge in [-0.25, -0.2) is 0 Å². The van der Waals surface area contributed by atoms with Crippen molar-refractivity contribution in [1.29, 1.82) is 0 Å². The van der Waals surface area contributed by atoms with Gasteiger partial charge in [0, 0.05) is 12.5 Å². The van der Waals surface area contributed by atoms with Gasteiger partial charge < -0.3 is 10.4 Å². The first kappa shape index (κ1) is 12.2. The van der Waals surface area contributed by atoms with Crippen LogP contribution < -0.4 is 5.32 Å². The Morgan fingerprint density at radius 1 is 1.31 bits per heavy atom. The fraction of sp³-hybridized carbons (Fsp3) is 0.500. The van der Waals surface area contributed by atoms with Gasteiger partial charge in [-0.2, -0.15) is 0 Å². The molecule has 0 aliphatic carbocycles. The maximum absolute atomic E-state index is 9.86. The van der Waals surface area contributed by atoms with Gasteiger partial charge in [0.15, 0.2) is 0 Å². The van der Waals surface area contributed by atoms with Crippen molar-refractivity contribution < 1.29 is 5.11 Å². The SMILES string of the molecule is OC1CCNCC1Cc1ccc(Cl)c(Cl)c1. The van der Waals surface area contributed by atoms with Crippen molar-refractivity contribution in [3.05, 3.63) is 33.8 Å². The molecule has 1 aliphatic heterocycles. The first-order valence-corrected chi connectivity index (χ1v) is 6.25. The lowest BCUT2D eigenvalue weighted by Crippen LogP contribution is -2.40. The molecule has 88 valence electrons. The Morgan fingerprint density at radius 3 is 2.81 bits per heavy atom. The molecule has 0 spiro atoms. The van der Waals surface area contributed by atoms with Crippen LogP contribution in [-0.4, -0.2) is 24.3 Å². The summed E-state index contributed by atoms with van der Waals surface area (Å²) in [5.41, 5.74) is 1.13. The number of halogens is 2. The van der Waals surface area contributed by atoms with E-state index in [0.29, 0.717) is 10.0 Å². The van der Waals surface area contributed by atoms with E-state index in [1.165, 1.54) is 0 Å². The summed E-state index contributed by atoms with van der Waals surface area (Å²) in [5, 5.41) is 14.3. The second-order valence-electron chi connectivity index (χ2n) is 4.27. The minimum absolute atomic E-state index is 0.212. The highest BCUT2D eigenvalue weighted by atomic mass is 35.5. The van der Waals surface area contributed by atoms with E-state index in [1.54, 1.807) is 0 Å². The first-order valence-electron chi connectivity index (χ1n) is 5.49. The molecule has 0 saturated carbocycles. The van der Waals surface area contributed by atoms with Crippen molar-refractivity contribution in [2.45, 2.75) is 18.9 Å². The van der Waals surface area contributed by atoms with Crippen LogP contribution in [0, 0.1) is 5.92 Å². The number of nitrogens with one attached hydrogen (secondary N) is 1. The molecule has 2 N–H and O–H groups in total. The quantitative estimate of drug-likeness (QED) is 0.856. The van der Waals surface area contributed by atoms with Crippen LogP contribution in [0.15, 0.2) is 18.2 Å². The van der Waals surface area contributed by atoms with Gasteiger partial charge in [0.1, 0.15) is 0 Å². The monoisotopic (exact) mass is 259 g/mol. The number of hydrogen-bond acceptors (Lipinski definition) is 2. The van der Waals surface area contributed by atoms with Crippen molar-refractivity contribution in [2.24, 2.45) is 5.92 Å². The van der Waals surface area contributed by atoms with Gasteiger partial charge in [0.05, 0.1) is 16.1 Å². The predicted molar refractivity (Wildman–Crippen MR) is 67.1 cm³/mol. The highest BCUT2D eigenvalue weighted by molar-refractivity contribution is 6.42. The van der Waals surface area contributed by atoms with Gasteiger partial charge in [-0.1, -0.05) is 29.3 Å². The van der Waals surface area contributed by atoms with E-state index in [4.69, 9.17) is 23.2 Å². The molecule has 0 bridgehead atoms. The molecule has 1 fully saturated rings. The number of aliphatic hydroxyl groups is 1. The molecule has 1 heterocycles. The number of piperidine rings is 1. The summed E-state index contributed by atoms with van der Waals surface area (Å²) in [6.45, 7) is 1.76. The highest BCUT2D eigenvalue weighted by Crippen LogP contribution is 2.25. The van der Waals surface area contributed by atoms with Crippen LogP contribution in [0.5, 0.6) is 0 Å². The number of rotatable bonds is 2. The standard InChI is InChI=1S/C12H15Cl2NO/c13-10-2-1-8(6-11(10)14)5-9-7-15-4-3-12(9)16/h1-2,6,9,12,15-16H,3-5,7H2. The lowest BCUT2D eigenvalue weighted by atomic mass is 9.90. The van der Waals surface area contributed by atoms with Gasteiger partial charge in [-0.3, -0.25) is 0 Å². The third-order valence-electron chi connectivity index (χ3n) is 3.05. The van der Waals surface area contributed by atoms with Gasteiger partial charge in [-0.05, 0) is 37.1 Å². The molecule has 2 rings (SSSR count). The minimum atomic E-state index is -0.212. The normalized spacial score (nSPS) is 25.7. The molecule has 4 heteroatoms. The third kappa shape index (κ3) is 2.89. The summed E-state index contributed by atoms with van der Waals surface area (Å²) in [7, 11) is 0. The highest BCUT2D eigenvalue weighted by Gasteiger charge is 2.22. The van der Waals surface area contributed by atoms with E-state index in [9.17, 15) is 5.11 Å². The summed E-state index contributed by atoms with van der Waals surface area (Å²) in [6, 6.07) is 5.66. The van der Waals surface area contributed by atoms with E-state index in [0.717, 1.165) is 31.5 Å². The van der Waals surface area contributed by atoms with Crippen LogP contribution in [-0.2, 0) is 6.42 Å². The summed E-state index contributed by atoms with van der Waals surface area (Å²) >= 11 is 11.8. The molecule has 2 unspecified atom stereocenters. The zero-order valence-electron chi connectivity index (χ0n) is 8.92. The lowest BCUT2D eigenvalue weighted by Gasteiger charge is -2.28. The van der Waals surface area contributed by atoms with Crippen LogP contribution in [0.2, 0.25) is 10.0 Å². The Hall–Kier alpha value is -0.280. The van der Waals surface area contributed by atoms with E-state index in [2.05, 4.69) is 5.32 Å². The van der Waals surface area contributed by atoms with Gasteiger partial charge in [0.2, 0.25) is 0 Å². The summed E-state index contributed by atoms with van der Waals surface area (Å²) in [5.74, 6) is 0.269. The van der Waals surface area contributed by atoms with Crippen LogP contribution in [0.3, 0.4) is 0 Å². The molecule has 2 nitrogen and oxygen atoms in total. The Labute approximate surface area is 106 Å². The zero-order valence-corrected chi connectivity index (χ0v) is 10.4. The Balaban J connectivity index is 2.05. The second-order valence-corrected chi connectivity index (χ2v) is 5.09. The minimum Gasteiger partial charge on any atom is -0.393 e. The molecule has 1 saturated heterocycles. The molecule has 0 radical (unpaired) electrons. The average Bonchev–Trinajstić information content (AvgIpc) is 2.27. The molecule has 1 aromatic carbocycles. The predicted octanol–water partition coefficient (Wildman–Crippen LogP) is 2.51. The van der Waals surface area contributed by atoms with Gasteiger partial charge in [-0.15, -0.1) is 0 Å². The average molecular weight is 260 g/mol. The van der Waals surface area contributed by atoms with E-state index < -0.39 is 0 Å². The molecule has 0 aromatic heterocycles. The number of aliphatic hydroxyl groups excluding tert-OH is 1. The fourth-order valence-electron chi connectivity index (χ4n) is 2.09. The van der Waals surface area contributed by atoms with E-state index in [-0.39, 0.29) is 12.0 Å². The molecular weight excluding hydrogens is 245 g/mol. The van der Waals surface area contributed by atoms with Crippen LogP contribution in [0.25, 0.3) is 0 Å². The van der Waals surface area contributed by atoms with E-state index in [1.807, 2.05) is 18.2 Å². The third-order valence-corrected chi connectivity index (χ3v) is 3.79. The van der Waals surface area contributed by atoms with Crippen molar-refractivity contribution >= 4 is 23.2 Å². The van der Waals surface area contributed by atoms with Crippen LogP contribution >= 0.6 is 23.2 Å². The molecule has 16 heavy (non-hydrogen) atoms. The van der Waals surface area contributed by atoms with Crippen molar-refractivity contribution in [1.82, 2.24) is 5.32 Å². The maximum atomic E-state index is 9.86. The lowest BCUT2D eigenvalue weighted by molar-refractivity contribution is 0.0791. The zero-order chi connectivity index (χ0) is 11.5. The number of hydrogen-bond donors (Lipinski definition) is 2. The summed E-state index contributed by atoms with van der Waals surface area (Å²) < 4.78 is 0. The topological polar surface area (TPSA) is 32.3 Å². The van der Waals surface area contributed by atoms with Crippen molar-refractivity contribution in [3.63, 3.8) is 0 Å². The largest absolute Gasteiger partial charge is 0.393 e. The van der Waals surface area contributed by atoms with Crippen LogP contribution in [0.1, 0.15) is 12.0 Å². The molecular formula is C12H15Cl2NO. The number of benzene rings is 1. The first-order chi connectivity index (χ1) is 7.66. The summed E-state index contributed by atoms with van der Waals surface area (Å²) in [4.78, 5) is 0. The summed E-state index contributed by atoms with van der Waals surface area (Å²) in [6.07, 6.45) is 1.45. The molecule has 2 atom stereocenters. The van der Waals surface area contributed by atoms with Crippen molar-refractivity contribution in [2.75, 3.05) is 13.1 Å². The van der Waals surface area contributed by atoms with E-state index >= 15 is 0 Å². The van der Waals surface area contributed by atoms with Crippen LogP contribution in [0.4, 0.5) is 0 Å². The Bertz CT molecular complexity index is 370. The van der Waals surface area contributed by atoms with Crippen molar-refractivity contribution in [3.8, 4) is 0 Å². The second kappa shape index (κ2) is 5.37. The Kier molecular flexibility index (Phi) is 4.09. The fourth-order valence-corrected chi connectivity index (χ4v) is 2.41.